The van der Waals surface area contributed by atoms with Crippen LogP contribution in [0.15, 0.2) is 30.5 Å². The normalized spacial score (nSPS) is 19.7. The Balaban J connectivity index is 1.72. The number of rotatable bonds is 3. The molecule has 1 aliphatic heterocycles. The summed E-state index contributed by atoms with van der Waals surface area (Å²) < 4.78 is 56.0. The highest BCUT2D eigenvalue weighted by Gasteiger charge is 2.37. The summed E-state index contributed by atoms with van der Waals surface area (Å²) in [6, 6.07) is 4.25. The van der Waals surface area contributed by atoms with E-state index in [2.05, 4.69) is 15.2 Å². The smallest absolute Gasteiger partial charge is 0.322 e. The van der Waals surface area contributed by atoms with Crippen molar-refractivity contribution >= 4 is 11.7 Å². The Morgan fingerprint density at radius 3 is 2.44 bits per heavy atom. The third-order valence-corrected chi connectivity index (χ3v) is 6.33. The number of anilines is 1. The quantitative estimate of drug-likeness (QED) is 0.662. The van der Waals surface area contributed by atoms with Crippen molar-refractivity contribution in [3.63, 3.8) is 0 Å². The number of aromatic nitrogens is 1. The Labute approximate surface area is 184 Å². The second-order valence-corrected chi connectivity index (χ2v) is 8.59. The van der Waals surface area contributed by atoms with Gasteiger partial charge in [-0.05, 0) is 44.2 Å². The Hall–Kier alpha value is -2.68. The van der Waals surface area contributed by atoms with Crippen LogP contribution in [0.1, 0.15) is 37.3 Å². The highest BCUT2D eigenvalue weighted by atomic mass is 19.3. The topological polar surface area (TPSA) is 48.5 Å². The highest BCUT2D eigenvalue weighted by molar-refractivity contribution is 5.95. The molecule has 1 saturated carbocycles. The molecule has 1 N–H and O–H groups in total. The van der Waals surface area contributed by atoms with Gasteiger partial charge < -0.3 is 15.1 Å². The fraction of sp³-hybridized carbons (Fsp3) is 0.478. The third-order valence-electron chi connectivity index (χ3n) is 6.33. The summed E-state index contributed by atoms with van der Waals surface area (Å²) in [7, 11) is 1.97. The van der Waals surface area contributed by atoms with Crippen LogP contribution in [-0.4, -0.2) is 60.0 Å². The molecule has 4 rings (SSSR count). The van der Waals surface area contributed by atoms with E-state index in [1.165, 1.54) is 12.3 Å². The Bertz CT molecular complexity index is 982. The van der Waals surface area contributed by atoms with Crippen LogP contribution in [0.2, 0.25) is 0 Å². The van der Waals surface area contributed by atoms with Gasteiger partial charge in [0, 0.05) is 62.3 Å². The van der Waals surface area contributed by atoms with Crippen molar-refractivity contribution in [1.29, 1.82) is 0 Å². The number of halogens is 4. The average Bonchev–Trinajstić information content (AvgIpc) is 2.76. The number of hydrogen-bond acceptors (Lipinski definition) is 3. The van der Waals surface area contributed by atoms with Crippen molar-refractivity contribution in [3.05, 3.63) is 47.8 Å². The van der Waals surface area contributed by atoms with Crippen molar-refractivity contribution in [3.8, 4) is 11.1 Å². The number of carbonyl (C=O) groups excluding carboxylic acids is 1. The van der Waals surface area contributed by atoms with Crippen LogP contribution in [0.5, 0.6) is 0 Å². The molecule has 32 heavy (non-hydrogen) atoms. The maximum atomic E-state index is 14.6. The Morgan fingerprint density at radius 1 is 1.06 bits per heavy atom. The second kappa shape index (κ2) is 9.05. The zero-order valence-electron chi connectivity index (χ0n) is 17.9. The maximum absolute atomic E-state index is 14.6. The number of piperazine rings is 1. The molecule has 0 unspecified atom stereocenters. The minimum absolute atomic E-state index is 0.0107. The van der Waals surface area contributed by atoms with Gasteiger partial charge in [0.05, 0.1) is 11.4 Å². The first-order chi connectivity index (χ1) is 15.2. The van der Waals surface area contributed by atoms with Crippen molar-refractivity contribution in [2.45, 2.75) is 37.5 Å². The van der Waals surface area contributed by atoms with Crippen LogP contribution in [0.25, 0.3) is 11.1 Å². The van der Waals surface area contributed by atoms with Crippen molar-refractivity contribution < 1.29 is 22.4 Å². The monoisotopic (exact) mass is 450 g/mol. The van der Waals surface area contributed by atoms with Gasteiger partial charge >= 0.3 is 6.03 Å². The molecule has 5 nitrogen and oxygen atoms in total. The molecule has 9 heteroatoms. The van der Waals surface area contributed by atoms with Gasteiger partial charge in [-0.15, -0.1) is 0 Å². The summed E-state index contributed by atoms with van der Waals surface area (Å²) in [5.41, 5.74) is 0.968. The number of hydrogen-bond donors (Lipinski definition) is 1. The predicted octanol–water partition coefficient (Wildman–Crippen LogP) is 5.10. The zero-order valence-corrected chi connectivity index (χ0v) is 17.9. The van der Waals surface area contributed by atoms with Crippen LogP contribution < -0.4 is 5.32 Å². The Morgan fingerprint density at radius 2 is 1.75 bits per heavy atom. The first-order valence-corrected chi connectivity index (χ1v) is 10.8. The predicted molar refractivity (Wildman–Crippen MR) is 114 cm³/mol. The van der Waals surface area contributed by atoms with E-state index in [1.807, 2.05) is 7.05 Å². The van der Waals surface area contributed by atoms with E-state index in [0.29, 0.717) is 18.8 Å². The van der Waals surface area contributed by atoms with Crippen molar-refractivity contribution in [1.82, 2.24) is 14.8 Å². The van der Waals surface area contributed by atoms with Crippen LogP contribution in [0.3, 0.4) is 0 Å². The van der Waals surface area contributed by atoms with E-state index in [9.17, 15) is 22.4 Å². The van der Waals surface area contributed by atoms with Gasteiger partial charge in [-0.3, -0.25) is 4.98 Å². The maximum Gasteiger partial charge on any atom is 0.322 e. The number of likely N-dealkylation sites (N-methyl/N-ethyl adjacent to an activating group) is 1. The average molecular weight is 450 g/mol. The molecule has 1 aromatic carbocycles. The lowest BCUT2D eigenvalue weighted by Crippen LogP contribution is -2.48. The lowest BCUT2D eigenvalue weighted by atomic mass is 9.83. The minimum Gasteiger partial charge on any atom is -0.322 e. The number of pyridine rings is 1. The van der Waals surface area contributed by atoms with Gasteiger partial charge in [0.2, 0.25) is 5.92 Å². The summed E-state index contributed by atoms with van der Waals surface area (Å²) >= 11 is 0. The van der Waals surface area contributed by atoms with Gasteiger partial charge in [0.25, 0.3) is 0 Å². The van der Waals surface area contributed by atoms with E-state index >= 15 is 0 Å². The molecule has 1 aromatic heterocycles. The summed E-state index contributed by atoms with van der Waals surface area (Å²) in [4.78, 5) is 21.2. The lowest BCUT2D eigenvalue weighted by molar-refractivity contribution is -0.0384. The minimum atomic E-state index is -2.72. The molecule has 0 radical (unpaired) electrons. The second-order valence-electron chi connectivity index (χ2n) is 8.59. The van der Waals surface area contributed by atoms with Gasteiger partial charge in [-0.2, -0.15) is 0 Å². The first kappa shape index (κ1) is 22.5. The largest absolute Gasteiger partial charge is 0.322 e. The fourth-order valence-corrected chi connectivity index (χ4v) is 4.36. The molecule has 0 bridgehead atoms. The van der Waals surface area contributed by atoms with Gasteiger partial charge in [0.15, 0.2) is 0 Å². The number of nitrogens with zero attached hydrogens (tertiary/aromatic N) is 3. The summed E-state index contributed by atoms with van der Waals surface area (Å²) in [6.45, 7) is 2.49. The van der Waals surface area contributed by atoms with Crippen LogP contribution in [-0.2, 0) is 0 Å². The molecule has 0 spiro atoms. The first-order valence-electron chi connectivity index (χ1n) is 10.8. The molecule has 2 aliphatic rings. The summed E-state index contributed by atoms with van der Waals surface area (Å²) in [6.07, 6.45) is 1.31. The number of nitrogens with one attached hydrogen (secondary N) is 1. The number of benzene rings is 1. The molecule has 172 valence electrons. The molecule has 2 amide bonds. The molecule has 2 aromatic rings. The third kappa shape index (κ3) is 4.87. The van der Waals surface area contributed by atoms with Gasteiger partial charge in [0.1, 0.15) is 11.6 Å². The number of alkyl halides is 2. The Kier molecular flexibility index (Phi) is 6.37. The van der Waals surface area contributed by atoms with E-state index in [-0.39, 0.29) is 54.4 Å². The van der Waals surface area contributed by atoms with E-state index in [0.717, 1.165) is 31.3 Å². The summed E-state index contributed by atoms with van der Waals surface area (Å²) in [5.74, 6) is -4.29. The fourth-order valence-electron chi connectivity index (χ4n) is 4.36. The van der Waals surface area contributed by atoms with Crippen LogP contribution in [0, 0.1) is 11.6 Å². The molecule has 1 aliphatic carbocycles. The number of amides is 2. The highest BCUT2D eigenvalue weighted by Crippen LogP contribution is 2.44. The standard InChI is InChI=1S/C23H26F4N4O/c1-30-10-12-31(13-11-30)22(32)29-21-17(18-14-16(24)2-3-19(18)25)6-9-28-20(21)15-4-7-23(26,27)8-5-15/h2-3,6,9,14-15H,4-5,7-8,10-13H2,1H3,(H,29,32). The van der Waals surface area contributed by atoms with Crippen LogP contribution in [0.4, 0.5) is 28.0 Å². The molecule has 2 fully saturated rings. The van der Waals surface area contributed by atoms with Crippen LogP contribution >= 0.6 is 0 Å². The van der Waals surface area contributed by atoms with E-state index in [4.69, 9.17) is 0 Å². The van der Waals surface area contributed by atoms with Crippen molar-refractivity contribution in [2.24, 2.45) is 0 Å². The molecule has 2 heterocycles. The van der Waals surface area contributed by atoms with Crippen molar-refractivity contribution in [2.75, 3.05) is 38.5 Å². The van der Waals surface area contributed by atoms with Gasteiger partial charge in [-0.25, -0.2) is 22.4 Å². The molecular formula is C23H26F4N4O. The van der Waals surface area contributed by atoms with E-state index in [1.54, 1.807) is 4.90 Å². The number of carbonyl (C=O) groups is 1. The lowest BCUT2D eigenvalue weighted by Gasteiger charge is -2.33. The summed E-state index contributed by atoms with van der Waals surface area (Å²) in [5, 5.41) is 2.86. The van der Waals surface area contributed by atoms with Gasteiger partial charge in [-0.1, -0.05) is 0 Å². The zero-order chi connectivity index (χ0) is 22.9. The SMILES string of the molecule is CN1CCN(C(=O)Nc2c(-c3cc(F)ccc3F)ccnc2C2CCC(F)(F)CC2)CC1. The molecular weight excluding hydrogens is 424 g/mol. The van der Waals surface area contributed by atoms with E-state index < -0.39 is 17.6 Å². The number of urea groups is 1. The molecule has 1 saturated heterocycles. The molecule has 0 atom stereocenters.